The lowest BCUT2D eigenvalue weighted by Crippen LogP contribution is -2.42. The molecule has 0 bridgehead atoms. The minimum absolute atomic E-state index is 0.539. The Morgan fingerprint density at radius 3 is 2.41 bits per heavy atom. The van der Waals surface area contributed by atoms with Gasteiger partial charge in [0.1, 0.15) is 5.54 Å². The molecule has 17 heavy (non-hydrogen) atoms. The number of halogens is 2. The van der Waals surface area contributed by atoms with Gasteiger partial charge in [-0.3, -0.25) is 0 Å². The van der Waals surface area contributed by atoms with Gasteiger partial charge >= 0.3 is 0 Å². The monoisotopic (exact) mass is 240 g/mol. The number of benzene rings is 1. The van der Waals surface area contributed by atoms with Crippen LogP contribution in [0.1, 0.15) is 25.3 Å². The number of nitrogens with two attached hydrogens (primary N) is 1. The molecule has 1 heterocycles. The highest BCUT2D eigenvalue weighted by atomic mass is 19.3. The van der Waals surface area contributed by atoms with Gasteiger partial charge in [-0.25, -0.2) is 8.78 Å². The molecular weight excluding hydrogens is 222 g/mol. The van der Waals surface area contributed by atoms with E-state index in [9.17, 15) is 8.78 Å². The third kappa shape index (κ3) is 2.27. The molecule has 0 spiro atoms. The summed E-state index contributed by atoms with van der Waals surface area (Å²) in [5.74, 6) is 0. The van der Waals surface area contributed by atoms with Crippen molar-refractivity contribution < 1.29 is 8.78 Å². The van der Waals surface area contributed by atoms with E-state index in [2.05, 4.69) is 4.90 Å². The van der Waals surface area contributed by atoms with Crippen molar-refractivity contribution in [2.75, 3.05) is 18.0 Å². The van der Waals surface area contributed by atoms with Crippen LogP contribution in [0.2, 0.25) is 0 Å². The van der Waals surface area contributed by atoms with Crippen LogP contribution in [0.25, 0.3) is 0 Å². The van der Waals surface area contributed by atoms with Gasteiger partial charge < -0.3 is 10.6 Å². The second-order valence-electron chi connectivity index (χ2n) is 4.79. The van der Waals surface area contributed by atoms with Crippen molar-refractivity contribution in [2.24, 2.45) is 5.73 Å². The molecule has 1 aliphatic rings. The van der Waals surface area contributed by atoms with Gasteiger partial charge in [0.15, 0.2) is 0 Å². The van der Waals surface area contributed by atoms with E-state index >= 15 is 0 Å². The molecule has 1 saturated heterocycles. The first-order valence-corrected chi connectivity index (χ1v) is 5.95. The Hall–Kier alpha value is -1.16. The molecule has 1 aliphatic heterocycles. The molecule has 4 heteroatoms. The maximum atomic E-state index is 13.0. The van der Waals surface area contributed by atoms with Gasteiger partial charge in [-0.05, 0) is 25.8 Å². The van der Waals surface area contributed by atoms with Crippen molar-refractivity contribution in [3.63, 3.8) is 0 Å². The molecule has 0 amide bonds. The van der Waals surface area contributed by atoms with Crippen molar-refractivity contribution in [1.29, 1.82) is 0 Å². The van der Waals surface area contributed by atoms with Crippen LogP contribution in [-0.4, -0.2) is 19.5 Å². The van der Waals surface area contributed by atoms with Gasteiger partial charge in [0, 0.05) is 24.3 Å². The molecule has 1 aromatic carbocycles. The van der Waals surface area contributed by atoms with Crippen molar-refractivity contribution in [1.82, 2.24) is 0 Å². The van der Waals surface area contributed by atoms with Crippen molar-refractivity contribution in [2.45, 2.75) is 31.7 Å². The summed E-state index contributed by atoms with van der Waals surface area (Å²) < 4.78 is 26.0. The summed E-state index contributed by atoms with van der Waals surface area (Å²) in [6.07, 6.45) is -0.333. The predicted molar refractivity (Wildman–Crippen MR) is 65.4 cm³/mol. The first-order chi connectivity index (χ1) is 8.03. The van der Waals surface area contributed by atoms with Gasteiger partial charge in [0.25, 0.3) is 6.43 Å². The molecule has 0 aromatic heterocycles. The minimum atomic E-state index is -2.56. The van der Waals surface area contributed by atoms with Gasteiger partial charge in [-0.1, -0.05) is 18.2 Å². The number of nitrogens with zero attached hydrogens (tertiary/aromatic N) is 1. The number of para-hydroxylation sites is 1. The lowest BCUT2D eigenvalue weighted by atomic mass is 9.91. The summed E-state index contributed by atoms with van der Waals surface area (Å²) in [6, 6.07) is 7.23. The quantitative estimate of drug-likeness (QED) is 0.880. The summed E-state index contributed by atoms with van der Waals surface area (Å²) >= 11 is 0. The number of hydrogen-bond acceptors (Lipinski definition) is 2. The maximum absolute atomic E-state index is 13.0. The van der Waals surface area contributed by atoms with E-state index in [1.807, 2.05) is 12.1 Å². The molecule has 1 aromatic rings. The molecule has 0 radical (unpaired) electrons. The molecule has 0 aliphatic carbocycles. The average molecular weight is 240 g/mol. The van der Waals surface area contributed by atoms with Crippen LogP contribution < -0.4 is 10.6 Å². The van der Waals surface area contributed by atoms with Crippen LogP contribution in [-0.2, 0) is 5.54 Å². The summed E-state index contributed by atoms with van der Waals surface area (Å²) in [7, 11) is 0. The molecule has 1 atom stereocenters. The standard InChI is InChI=1S/C13H18F2N2/c1-13(16,12(14)15)10-6-2-3-7-11(10)17-8-4-5-9-17/h2-3,6-7,12H,4-5,8-9,16H2,1H3. The topological polar surface area (TPSA) is 29.3 Å². The van der Waals surface area contributed by atoms with E-state index in [1.165, 1.54) is 6.92 Å². The van der Waals surface area contributed by atoms with Gasteiger partial charge in [-0.15, -0.1) is 0 Å². The smallest absolute Gasteiger partial charge is 0.260 e. The zero-order valence-corrected chi connectivity index (χ0v) is 10.00. The third-order valence-electron chi connectivity index (χ3n) is 3.38. The van der Waals surface area contributed by atoms with Crippen molar-refractivity contribution in [3.8, 4) is 0 Å². The molecule has 94 valence electrons. The molecule has 1 fully saturated rings. The zero-order chi connectivity index (χ0) is 12.5. The van der Waals surface area contributed by atoms with Crippen LogP contribution in [0.3, 0.4) is 0 Å². The Labute approximate surface area is 100 Å². The normalized spacial score (nSPS) is 19.7. The van der Waals surface area contributed by atoms with Gasteiger partial charge in [-0.2, -0.15) is 0 Å². The largest absolute Gasteiger partial charge is 0.371 e. The molecule has 2 rings (SSSR count). The van der Waals surface area contributed by atoms with Crippen molar-refractivity contribution in [3.05, 3.63) is 29.8 Å². The average Bonchev–Trinajstić information content (AvgIpc) is 2.82. The number of alkyl halides is 2. The van der Waals surface area contributed by atoms with Crippen LogP contribution in [0, 0.1) is 0 Å². The Morgan fingerprint density at radius 2 is 1.82 bits per heavy atom. The maximum Gasteiger partial charge on any atom is 0.260 e. The van der Waals surface area contributed by atoms with Crippen LogP contribution in [0.4, 0.5) is 14.5 Å². The lowest BCUT2D eigenvalue weighted by molar-refractivity contribution is 0.0627. The van der Waals surface area contributed by atoms with Crippen molar-refractivity contribution >= 4 is 5.69 Å². The van der Waals surface area contributed by atoms with E-state index in [1.54, 1.807) is 12.1 Å². The van der Waals surface area contributed by atoms with Crippen LogP contribution in [0.15, 0.2) is 24.3 Å². The molecule has 2 nitrogen and oxygen atoms in total. The molecule has 0 saturated carbocycles. The summed E-state index contributed by atoms with van der Waals surface area (Å²) in [6.45, 7) is 3.25. The number of anilines is 1. The Kier molecular flexibility index (Phi) is 3.33. The third-order valence-corrected chi connectivity index (χ3v) is 3.38. The van der Waals surface area contributed by atoms with Gasteiger partial charge in [0.05, 0.1) is 0 Å². The summed E-state index contributed by atoms with van der Waals surface area (Å²) in [4.78, 5) is 2.14. The zero-order valence-electron chi connectivity index (χ0n) is 10.00. The lowest BCUT2D eigenvalue weighted by Gasteiger charge is -2.30. The van der Waals surface area contributed by atoms with Crippen LogP contribution in [0.5, 0.6) is 0 Å². The first kappa shape index (κ1) is 12.3. The fourth-order valence-corrected chi connectivity index (χ4v) is 2.28. The Bertz CT molecular complexity index is 385. The highest BCUT2D eigenvalue weighted by molar-refractivity contribution is 5.57. The fraction of sp³-hybridized carbons (Fsp3) is 0.538. The predicted octanol–water partition coefficient (Wildman–Crippen LogP) is 2.73. The highest BCUT2D eigenvalue weighted by Gasteiger charge is 2.35. The van der Waals surface area contributed by atoms with E-state index < -0.39 is 12.0 Å². The number of rotatable bonds is 3. The van der Waals surface area contributed by atoms with E-state index in [4.69, 9.17) is 5.73 Å². The Morgan fingerprint density at radius 1 is 1.24 bits per heavy atom. The highest BCUT2D eigenvalue weighted by Crippen LogP contribution is 2.34. The molecular formula is C13H18F2N2. The SMILES string of the molecule is CC(N)(c1ccccc1N1CCCC1)C(F)F. The number of hydrogen-bond donors (Lipinski definition) is 1. The van der Waals surface area contributed by atoms with Gasteiger partial charge in [0.2, 0.25) is 0 Å². The first-order valence-electron chi connectivity index (χ1n) is 5.95. The fourth-order valence-electron chi connectivity index (χ4n) is 2.28. The minimum Gasteiger partial charge on any atom is -0.371 e. The molecule has 1 unspecified atom stereocenters. The van der Waals surface area contributed by atoms with Crippen LogP contribution >= 0.6 is 0 Å². The van der Waals surface area contributed by atoms with E-state index in [0.717, 1.165) is 31.6 Å². The van der Waals surface area contributed by atoms with E-state index in [-0.39, 0.29) is 0 Å². The summed E-state index contributed by atoms with van der Waals surface area (Å²) in [5, 5.41) is 0. The second kappa shape index (κ2) is 4.61. The Balaban J connectivity index is 2.39. The second-order valence-corrected chi connectivity index (χ2v) is 4.79. The van der Waals surface area contributed by atoms with E-state index in [0.29, 0.717) is 5.56 Å². The summed E-state index contributed by atoms with van der Waals surface area (Å²) in [5.41, 5.74) is 5.58. The molecule has 2 N–H and O–H groups in total.